The Hall–Kier alpha value is -3.00. The SMILES string of the molecule is COc1ccc2nc(SCC(=O)NCC(=O)Nc3c(C)cc(C)cc3C)[nH]c2c1. The van der Waals surface area contributed by atoms with Gasteiger partial charge in [0.25, 0.3) is 0 Å². The Bertz CT molecular complexity index is 1040. The van der Waals surface area contributed by atoms with Crippen molar-refractivity contribution in [2.24, 2.45) is 0 Å². The molecule has 0 saturated heterocycles. The maximum atomic E-state index is 12.2. The van der Waals surface area contributed by atoms with Crippen LogP contribution in [0.15, 0.2) is 35.5 Å². The molecule has 152 valence electrons. The van der Waals surface area contributed by atoms with Gasteiger partial charge in [-0.05, 0) is 44.0 Å². The molecule has 1 heterocycles. The van der Waals surface area contributed by atoms with E-state index < -0.39 is 0 Å². The molecule has 1 aromatic heterocycles. The smallest absolute Gasteiger partial charge is 0.243 e. The van der Waals surface area contributed by atoms with E-state index in [-0.39, 0.29) is 24.1 Å². The zero-order chi connectivity index (χ0) is 21.0. The number of fused-ring (bicyclic) bond motifs is 1. The van der Waals surface area contributed by atoms with Crippen LogP contribution in [0, 0.1) is 20.8 Å². The van der Waals surface area contributed by atoms with Crippen molar-refractivity contribution in [1.29, 1.82) is 0 Å². The summed E-state index contributed by atoms with van der Waals surface area (Å²) in [6.45, 7) is 5.84. The van der Waals surface area contributed by atoms with E-state index in [0.717, 1.165) is 39.2 Å². The molecule has 3 rings (SSSR count). The fraction of sp³-hybridized carbons (Fsp3) is 0.286. The summed E-state index contributed by atoms with van der Waals surface area (Å²) in [5, 5.41) is 6.15. The molecule has 0 fully saturated rings. The number of nitrogens with zero attached hydrogens (tertiary/aromatic N) is 1. The number of aromatic amines is 1. The molecular formula is C21H24N4O3S. The molecule has 0 unspecified atom stereocenters. The van der Waals surface area contributed by atoms with Crippen LogP contribution >= 0.6 is 11.8 Å². The van der Waals surface area contributed by atoms with Crippen LogP contribution < -0.4 is 15.4 Å². The summed E-state index contributed by atoms with van der Waals surface area (Å²) in [5.74, 6) is 0.405. The third kappa shape index (κ3) is 5.29. The number of aryl methyl sites for hydroxylation is 3. The molecule has 3 N–H and O–H groups in total. The Labute approximate surface area is 173 Å². The number of thioether (sulfide) groups is 1. The summed E-state index contributed by atoms with van der Waals surface area (Å²) >= 11 is 1.28. The number of carbonyl (C=O) groups excluding carboxylic acids is 2. The van der Waals surface area contributed by atoms with Gasteiger partial charge in [-0.2, -0.15) is 0 Å². The van der Waals surface area contributed by atoms with Gasteiger partial charge in [-0.1, -0.05) is 29.5 Å². The molecule has 8 heteroatoms. The van der Waals surface area contributed by atoms with Crippen LogP contribution in [-0.2, 0) is 9.59 Å². The molecule has 0 aliphatic rings. The number of nitrogens with one attached hydrogen (secondary N) is 3. The molecule has 3 aromatic rings. The number of ether oxygens (including phenoxy) is 1. The number of H-pyrrole nitrogens is 1. The second-order valence-electron chi connectivity index (χ2n) is 6.81. The number of rotatable bonds is 7. The lowest BCUT2D eigenvalue weighted by Crippen LogP contribution is -2.34. The molecule has 0 bridgehead atoms. The zero-order valence-electron chi connectivity index (χ0n) is 16.9. The highest BCUT2D eigenvalue weighted by atomic mass is 32.2. The van der Waals surface area contributed by atoms with Crippen LogP contribution in [0.5, 0.6) is 5.75 Å². The van der Waals surface area contributed by atoms with Gasteiger partial charge in [0.15, 0.2) is 5.16 Å². The fourth-order valence-electron chi connectivity index (χ4n) is 3.09. The van der Waals surface area contributed by atoms with Crippen LogP contribution in [-0.4, -0.2) is 41.2 Å². The fourth-order valence-corrected chi connectivity index (χ4v) is 3.80. The lowest BCUT2D eigenvalue weighted by atomic mass is 10.1. The monoisotopic (exact) mass is 412 g/mol. The van der Waals surface area contributed by atoms with Gasteiger partial charge in [0.2, 0.25) is 11.8 Å². The molecule has 0 atom stereocenters. The highest BCUT2D eigenvalue weighted by molar-refractivity contribution is 7.99. The van der Waals surface area contributed by atoms with E-state index in [0.29, 0.717) is 5.16 Å². The predicted octanol–water partition coefficient (Wildman–Crippen LogP) is 3.34. The van der Waals surface area contributed by atoms with Gasteiger partial charge in [-0.3, -0.25) is 9.59 Å². The van der Waals surface area contributed by atoms with Crippen molar-refractivity contribution in [3.8, 4) is 5.75 Å². The summed E-state index contributed by atoms with van der Waals surface area (Å²) in [7, 11) is 1.61. The molecule has 2 aromatic carbocycles. The molecule has 0 radical (unpaired) electrons. The lowest BCUT2D eigenvalue weighted by Gasteiger charge is -2.13. The van der Waals surface area contributed by atoms with Crippen LogP contribution in [0.25, 0.3) is 11.0 Å². The highest BCUT2D eigenvalue weighted by Crippen LogP contribution is 2.23. The number of benzene rings is 2. The van der Waals surface area contributed by atoms with Gasteiger partial charge in [-0.15, -0.1) is 0 Å². The molecule has 0 aliphatic carbocycles. The van der Waals surface area contributed by atoms with Gasteiger partial charge >= 0.3 is 0 Å². The minimum atomic E-state index is -0.255. The van der Waals surface area contributed by atoms with Crippen LogP contribution in [0.1, 0.15) is 16.7 Å². The van der Waals surface area contributed by atoms with E-state index in [9.17, 15) is 9.59 Å². The molecule has 0 spiro atoms. The summed E-state index contributed by atoms with van der Waals surface area (Å²) in [6, 6.07) is 9.57. The Morgan fingerprint density at radius 2 is 1.83 bits per heavy atom. The van der Waals surface area contributed by atoms with Crippen molar-refractivity contribution >= 4 is 40.3 Å². The maximum absolute atomic E-state index is 12.2. The Balaban J connectivity index is 1.49. The first-order chi connectivity index (χ1) is 13.9. The average Bonchev–Trinajstić information content (AvgIpc) is 3.09. The second kappa shape index (κ2) is 9.00. The first-order valence-corrected chi connectivity index (χ1v) is 10.1. The summed E-state index contributed by atoms with van der Waals surface area (Å²) < 4.78 is 5.19. The molecule has 29 heavy (non-hydrogen) atoms. The Morgan fingerprint density at radius 1 is 1.10 bits per heavy atom. The van der Waals surface area contributed by atoms with Crippen LogP contribution in [0.4, 0.5) is 5.69 Å². The topological polar surface area (TPSA) is 96.1 Å². The number of amides is 2. The van der Waals surface area contributed by atoms with E-state index in [2.05, 4.69) is 20.6 Å². The van der Waals surface area contributed by atoms with Gasteiger partial charge in [-0.25, -0.2) is 4.98 Å². The number of carbonyl (C=O) groups is 2. The van der Waals surface area contributed by atoms with Crippen LogP contribution in [0.2, 0.25) is 0 Å². The molecular weight excluding hydrogens is 388 g/mol. The Kier molecular flexibility index (Phi) is 6.43. The summed E-state index contributed by atoms with van der Waals surface area (Å²) in [5.41, 5.74) is 5.58. The van der Waals surface area contributed by atoms with Gasteiger partial charge < -0.3 is 20.4 Å². The quantitative estimate of drug-likeness (QED) is 0.517. The van der Waals surface area contributed by atoms with Crippen molar-refractivity contribution < 1.29 is 14.3 Å². The number of aromatic nitrogens is 2. The molecule has 0 aliphatic heterocycles. The molecule has 7 nitrogen and oxygen atoms in total. The van der Waals surface area contributed by atoms with Gasteiger partial charge in [0, 0.05) is 11.8 Å². The first kappa shape index (κ1) is 20.7. The second-order valence-corrected chi connectivity index (χ2v) is 7.78. The number of hydrogen-bond donors (Lipinski definition) is 3. The first-order valence-electron chi connectivity index (χ1n) is 9.16. The van der Waals surface area contributed by atoms with E-state index in [4.69, 9.17) is 4.74 Å². The van der Waals surface area contributed by atoms with Crippen molar-refractivity contribution in [2.75, 3.05) is 24.7 Å². The third-order valence-electron chi connectivity index (χ3n) is 4.39. The summed E-state index contributed by atoms with van der Waals surface area (Å²) in [6.07, 6.45) is 0. The lowest BCUT2D eigenvalue weighted by molar-refractivity contribution is -0.122. The number of anilines is 1. The maximum Gasteiger partial charge on any atom is 0.243 e. The minimum Gasteiger partial charge on any atom is -0.497 e. The third-order valence-corrected chi connectivity index (χ3v) is 5.27. The van der Waals surface area contributed by atoms with Crippen molar-refractivity contribution in [3.63, 3.8) is 0 Å². The van der Waals surface area contributed by atoms with Crippen LogP contribution in [0.3, 0.4) is 0 Å². The molecule has 0 saturated carbocycles. The summed E-state index contributed by atoms with van der Waals surface area (Å²) in [4.78, 5) is 31.9. The average molecular weight is 413 g/mol. The van der Waals surface area contributed by atoms with E-state index in [1.54, 1.807) is 7.11 Å². The van der Waals surface area contributed by atoms with Crippen molar-refractivity contribution in [3.05, 3.63) is 47.0 Å². The van der Waals surface area contributed by atoms with Gasteiger partial charge in [0.1, 0.15) is 5.75 Å². The van der Waals surface area contributed by atoms with E-state index in [1.165, 1.54) is 11.8 Å². The van der Waals surface area contributed by atoms with Crippen molar-refractivity contribution in [1.82, 2.24) is 15.3 Å². The molecule has 2 amide bonds. The normalized spacial score (nSPS) is 10.8. The Morgan fingerprint density at radius 3 is 2.52 bits per heavy atom. The van der Waals surface area contributed by atoms with Gasteiger partial charge in [0.05, 0.1) is 30.4 Å². The number of methoxy groups -OCH3 is 1. The van der Waals surface area contributed by atoms with E-state index >= 15 is 0 Å². The predicted molar refractivity (Wildman–Crippen MR) is 116 cm³/mol. The zero-order valence-corrected chi connectivity index (χ0v) is 17.7. The largest absolute Gasteiger partial charge is 0.497 e. The number of imidazole rings is 1. The van der Waals surface area contributed by atoms with Crippen molar-refractivity contribution in [2.45, 2.75) is 25.9 Å². The minimum absolute atomic E-state index is 0.0799. The standard InChI is InChI=1S/C21H24N4O3S/c1-12-7-13(2)20(14(3)8-12)25-18(26)10-22-19(27)11-29-21-23-16-6-5-15(28-4)9-17(16)24-21/h5-9H,10-11H2,1-4H3,(H,22,27)(H,23,24)(H,25,26). The number of hydrogen-bond acceptors (Lipinski definition) is 5. The van der Waals surface area contributed by atoms with E-state index in [1.807, 2.05) is 51.1 Å². The highest BCUT2D eigenvalue weighted by Gasteiger charge is 2.11.